The number of halogens is 1. The monoisotopic (exact) mass is 406 g/mol. The van der Waals surface area contributed by atoms with Crippen molar-refractivity contribution in [2.45, 2.75) is 18.9 Å². The lowest BCUT2D eigenvalue weighted by Gasteiger charge is -2.30. The van der Waals surface area contributed by atoms with E-state index in [4.69, 9.17) is 0 Å². The van der Waals surface area contributed by atoms with E-state index in [2.05, 4.69) is 27.9 Å². The number of nitrogens with one attached hydrogen (secondary N) is 1. The molecule has 6 heteroatoms. The number of imide groups is 1. The van der Waals surface area contributed by atoms with E-state index in [-0.39, 0.29) is 18.2 Å². The van der Waals surface area contributed by atoms with Crippen LogP contribution in [0.15, 0.2) is 30.3 Å². The quantitative estimate of drug-likeness (QED) is 0.584. The van der Waals surface area contributed by atoms with Gasteiger partial charge in [0.25, 0.3) is 5.91 Å². The number of anilines is 1. The summed E-state index contributed by atoms with van der Waals surface area (Å²) in [4.78, 5) is 37.8. The second-order valence-corrected chi connectivity index (χ2v) is 6.60. The summed E-state index contributed by atoms with van der Waals surface area (Å²) >= 11 is 2.24. The van der Waals surface area contributed by atoms with Crippen molar-refractivity contribution >= 4 is 56.8 Å². The molecule has 2 aromatic rings. The first-order valence-corrected chi connectivity index (χ1v) is 8.04. The van der Waals surface area contributed by atoms with E-state index in [1.165, 1.54) is 4.90 Å². The van der Waals surface area contributed by atoms with Gasteiger partial charge in [-0.15, -0.1) is 0 Å². The SMILES string of the molecule is O=C1CCC(N2C(=O)c3ccc(I)c4cccc2c34)C(=O)N1. The van der Waals surface area contributed by atoms with Gasteiger partial charge in [0.2, 0.25) is 11.8 Å². The number of amides is 3. The Kier molecular flexibility index (Phi) is 2.97. The smallest absolute Gasteiger partial charge is 0.259 e. The average Bonchev–Trinajstić information content (AvgIpc) is 2.77. The Hall–Kier alpha value is -1.96. The fraction of sp³-hybridized carbons (Fsp3) is 0.188. The highest BCUT2D eigenvalue weighted by atomic mass is 127. The number of piperidine rings is 1. The third-order valence-electron chi connectivity index (χ3n) is 4.20. The number of nitrogens with zero attached hydrogens (tertiary/aromatic N) is 1. The highest BCUT2D eigenvalue weighted by Gasteiger charge is 2.40. The molecule has 2 aromatic carbocycles. The zero-order valence-electron chi connectivity index (χ0n) is 11.4. The summed E-state index contributed by atoms with van der Waals surface area (Å²) < 4.78 is 1.07. The van der Waals surface area contributed by atoms with Gasteiger partial charge in [-0.25, -0.2) is 0 Å². The zero-order valence-corrected chi connectivity index (χ0v) is 13.6. The maximum absolute atomic E-state index is 12.8. The van der Waals surface area contributed by atoms with Crippen molar-refractivity contribution in [1.82, 2.24) is 5.32 Å². The largest absolute Gasteiger partial charge is 0.295 e. The second kappa shape index (κ2) is 4.77. The molecule has 1 N–H and O–H groups in total. The van der Waals surface area contributed by atoms with Gasteiger partial charge in [-0.05, 0) is 52.6 Å². The first kappa shape index (κ1) is 13.7. The average molecular weight is 406 g/mol. The molecule has 2 aliphatic rings. The Morgan fingerprint density at radius 1 is 1.14 bits per heavy atom. The molecule has 0 saturated carbocycles. The van der Waals surface area contributed by atoms with E-state index in [0.717, 1.165) is 20.0 Å². The molecule has 1 fully saturated rings. The van der Waals surface area contributed by atoms with Crippen LogP contribution < -0.4 is 10.2 Å². The van der Waals surface area contributed by atoms with Crippen molar-refractivity contribution in [3.05, 3.63) is 39.5 Å². The molecule has 1 saturated heterocycles. The van der Waals surface area contributed by atoms with Crippen LogP contribution >= 0.6 is 22.6 Å². The van der Waals surface area contributed by atoms with Gasteiger partial charge >= 0.3 is 0 Å². The van der Waals surface area contributed by atoms with Crippen molar-refractivity contribution in [2.75, 3.05) is 4.90 Å². The normalized spacial score (nSPS) is 20.7. The summed E-state index contributed by atoms with van der Waals surface area (Å²) in [5.41, 5.74) is 1.38. The van der Waals surface area contributed by atoms with Crippen LogP contribution in [0.3, 0.4) is 0 Å². The van der Waals surface area contributed by atoms with Gasteiger partial charge in [0.05, 0.1) is 5.69 Å². The predicted molar refractivity (Wildman–Crippen MR) is 89.6 cm³/mol. The van der Waals surface area contributed by atoms with Crippen LogP contribution in [0.2, 0.25) is 0 Å². The summed E-state index contributed by atoms with van der Waals surface area (Å²) in [7, 11) is 0. The maximum Gasteiger partial charge on any atom is 0.259 e. The minimum atomic E-state index is -0.624. The molecule has 3 amide bonds. The van der Waals surface area contributed by atoms with Crippen molar-refractivity contribution in [1.29, 1.82) is 0 Å². The van der Waals surface area contributed by atoms with Crippen molar-refractivity contribution in [3.8, 4) is 0 Å². The number of hydrogen-bond donors (Lipinski definition) is 1. The Morgan fingerprint density at radius 2 is 1.95 bits per heavy atom. The van der Waals surface area contributed by atoms with Crippen LogP contribution in [0.4, 0.5) is 5.69 Å². The molecular formula is C16H11IN2O3. The maximum atomic E-state index is 12.8. The minimum Gasteiger partial charge on any atom is -0.295 e. The number of benzene rings is 2. The van der Waals surface area contributed by atoms with Crippen LogP contribution in [0.5, 0.6) is 0 Å². The standard InChI is InChI=1S/C16H11IN2O3/c17-10-5-4-9-14-8(10)2-1-3-11(14)19(16(9)22)12-6-7-13(20)18-15(12)21/h1-5,12H,6-7H2,(H,18,20,21). The van der Waals surface area contributed by atoms with Crippen molar-refractivity contribution in [2.24, 2.45) is 0 Å². The predicted octanol–water partition coefficient (Wildman–Crippen LogP) is 2.21. The molecule has 4 rings (SSSR count). The van der Waals surface area contributed by atoms with Crippen LogP contribution in [0.1, 0.15) is 23.2 Å². The lowest BCUT2D eigenvalue weighted by Crippen LogP contribution is -2.53. The van der Waals surface area contributed by atoms with E-state index in [9.17, 15) is 14.4 Å². The fourth-order valence-electron chi connectivity index (χ4n) is 3.21. The number of rotatable bonds is 1. The van der Waals surface area contributed by atoms with Gasteiger partial charge < -0.3 is 0 Å². The Balaban J connectivity index is 1.89. The molecule has 0 spiro atoms. The van der Waals surface area contributed by atoms with Crippen LogP contribution in [-0.2, 0) is 9.59 Å². The topological polar surface area (TPSA) is 66.5 Å². The molecule has 2 heterocycles. The summed E-state index contributed by atoms with van der Waals surface area (Å²) in [6.07, 6.45) is 0.613. The van der Waals surface area contributed by atoms with Crippen LogP contribution in [0.25, 0.3) is 10.8 Å². The zero-order chi connectivity index (χ0) is 15.4. The van der Waals surface area contributed by atoms with E-state index >= 15 is 0 Å². The molecular weight excluding hydrogens is 395 g/mol. The fourth-order valence-corrected chi connectivity index (χ4v) is 3.84. The minimum absolute atomic E-state index is 0.169. The number of carbonyl (C=O) groups is 3. The molecule has 110 valence electrons. The lowest BCUT2D eigenvalue weighted by molar-refractivity contribution is -0.134. The summed E-state index contributed by atoms with van der Waals surface area (Å²) in [5, 5.41) is 4.23. The molecule has 2 aliphatic heterocycles. The third-order valence-corrected chi connectivity index (χ3v) is 5.14. The first-order valence-electron chi connectivity index (χ1n) is 6.96. The van der Waals surface area contributed by atoms with E-state index < -0.39 is 11.9 Å². The Labute approximate surface area is 139 Å². The lowest BCUT2D eigenvalue weighted by atomic mass is 10.0. The summed E-state index contributed by atoms with van der Waals surface area (Å²) in [5.74, 6) is -0.848. The first-order chi connectivity index (χ1) is 10.6. The molecule has 0 bridgehead atoms. The second-order valence-electron chi connectivity index (χ2n) is 5.44. The molecule has 0 radical (unpaired) electrons. The van der Waals surface area contributed by atoms with Gasteiger partial charge in [0.1, 0.15) is 6.04 Å². The third kappa shape index (κ3) is 1.79. The van der Waals surface area contributed by atoms with Crippen LogP contribution in [-0.4, -0.2) is 23.8 Å². The number of hydrogen-bond acceptors (Lipinski definition) is 3. The molecule has 0 aliphatic carbocycles. The van der Waals surface area contributed by atoms with Gasteiger partial charge in [-0.2, -0.15) is 0 Å². The highest BCUT2D eigenvalue weighted by Crippen LogP contribution is 2.40. The van der Waals surface area contributed by atoms with E-state index in [1.54, 1.807) is 0 Å². The van der Waals surface area contributed by atoms with Crippen molar-refractivity contribution < 1.29 is 14.4 Å². The van der Waals surface area contributed by atoms with Gasteiger partial charge in [0.15, 0.2) is 0 Å². The summed E-state index contributed by atoms with van der Waals surface area (Å²) in [6, 6.07) is 8.82. The van der Waals surface area contributed by atoms with Gasteiger partial charge in [-0.1, -0.05) is 12.1 Å². The van der Waals surface area contributed by atoms with Crippen molar-refractivity contribution in [3.63, 3.8) is 0 Å². The van der Waals surface area contributed by atoms with Gasteiger partial charge in [-0.3, -0.25) is 24.6 Å². The molecule has 5 nitrogen and oxygen atoms in total. The Morgan fingerprint density at radius 3 is 2.73 bits per heavy atom. The molecule has 0 aromatic heterocycles. The van der Waals surface area contributed by atoms with E-state index in [0.29, 0.717) is 12.0 Å². The molecule has 22 heavy (non-hydrogen) atoms. The van der Waals surface area contributed by atoms with E-state index in [1.807, 2.05) is 30.3 Å². The van der Waals surface area contributed by atoms with Gasteiger partial charge in [0, 0.05) is 20.9 Å². The summed E-state index contributed by atoms with van der Waals surface area (Å²) in [6.45, 7) is 0. The molecule has 1 unspecified atom stereocenters. The Bertz CT molecular complexity index is 862. The highest BCUT2D eigenvalue weighted by molar-refractivity contribution is 14.1. The van der Waals surface area contributed by atoms with Crippen LogP contribution in [0, 0.1) is 3.57 Å². The number of carbonyl (C=O) groups excluding carboxylic acids is 3. The molecule has 1 atom stereocenters.